The number of likely N-dealkylation sites (N-methyl/N-ethyl adjacent to an activating group) is 1. The monoisotopic (exact) mass is 269 g/mol. The quantitative estimate of drug-likeness (QED) is 0.854. The van der Waals surface area contributed by atoms with E-state index in [0.717, 1.165) is 10.5 Å². The predicted octanol–water partition coefficient (Wildman–Crippen LogP) is 0.722. The summed E-state index contributed by atoms with van der Waals surface area (Å²) in [5.74, 6) is -1.04. The zero-order valence-electron chi connectivity index (χ0n) is 10.3. The van der Waals surface area contributed by atoms with Crippen molar-refractivity contribution in [1.29, 1.82) is 0 Å². The maximum Gasteiger partial charge on any atom is 0.323 e. The Morgan fingerprint density at radius 1 is 1.39 bits per heavy atom. The van der Waals surface area contributed by atoms with Crippen molar-refractivity contribution in [3.05, 3.63) is 35.4 Å². The van der Waals surface area contributed by atoms with E-state index < -0.39 is 16.8 Å². The second-order valence-corrected chi connectivity index (χ2v) is 5.41. The van der Waals surface area contributed by atoms with Crippen LogP contribution in [-0.4, -0.2) is 45.9 Å². The van der Waals surface area contributed by atoms with Gasteiger partial charge in [0, 0.05) is 35.4 Å². The summed E-state index contributed by atoms with van der Waals surface area (Å²) in [6.07, 6.45) is 1.59. The van der Waals surface area contributed by atoms with Crippen LogP contribution < -0.4 is 0 Å². The number of amides is 1. The van der Waals surface area contributed by atoms with Crippen LogP contribution in [0.1, 0.15) is 15.9 Å². The van der Waals surface area contributed by atoms with Gasteiger partial charge in [-0.25, -0.2) is 0 Å². The maximum absolute atomic E-state index is 11.9. The Bertz CT molecular complexity index is 487. The van der Waals surface area contributed by atoms with Crippen molar-refractivity contribution < 1.29 is 18.9 Å². The highest BCUT2D eigenvalue weighted by atomic mass is 32.2. The van der Waals surface area contributed by atoms with Gasteiger partial charge in [-0.2, -0.15) is 0 Å². The van der Waals surface area contributed by atoms with Gasteiger partial charge < -0.3 is 10.0 Å². The first kappa shape index (κ1) is 14.4. The van der Waals surface area contributed by atoms with Crippen LogP contribution in [0.2, 0.25) is 0 Å². The lowest BCUT2D eigenvalue weighted by molar-refractivity contribution is -0.137. The number of benzene rings is 1. The van der Waals surface area contributed by atoms with E-state index in [1.807, 2.05) is 0 Å². The number of hydrogen-bond acceptors (Lipinski definition) is 3. The number of nitrogens with zero attached hydrogens (tertiary/aromatic N) is 1. The summed E-state index contributed by atoms with van der Waals surface area (Å²) >= 11 is 0. The molecule has 0 aliphatic carbocycles. The Labute approximate surface area is 108 Å². The topological polar surface area (TPSA) is 74.7 Å². The first-order valence-electron chi connectivity index (χ1n) is 5.26. The second-order valence-electron chi connectivity index (χ2n) is 3.97. The maximum atomic E-state index is 11.9. The molecule has 1 N–H and O–H groups in total. The van der Waals surface area contributed by atoms with Gasteiger partial charge in [-0.1, -0.05) is 12.1 Å². The molecule has 98 valence electrons. The van der Waals surface area contributed by atoms with Gasteiger partial charge in [-0.05, 0) is 17.7 Å². The number of carbonyl (C=O) groups excluding carboxylic acids is 1. The van der Waals surface area contributed by atoms with Crippen molar-refractivity contribution in [2.45, 2.75) is 5.75 Å². The molecule has 1 aromatic carbocycles. The van der Waals surface area contributed by atoms with E-state index in [4.69, 9.17) is 5.11 Å². The lowest BCUT2D eigenvalue weighted by Crippen LogP contribution is -2.31. The Balaban J connectivity index is 2.85. The van der Waals surface area contributed by atoms with Crippen LogP contribution in [0, 0.1) is 0 Å². The first-order valence-corrected chi connectivity index (χ1v) is 6.99. The van der Waals surface area contributed by atoms with Gasteiger partial charge in [0.1, 0.15) is 6.54 Å². The highest BCUT2D eigenvalue weighted by Crippen LogP contribution is 2.09. The van der Waals surface area contributed by atoms with Crippen LogP contribution in [0.25, 0.3) is 0 Å². The number of carboxylic acid groups (broad SMARTS) is 1. The molecule has 0 aromatic heterocycles. The lowest BCUT2D eigenvalue weighted by atomic mass is 10.1. The molecule has 1 unspecified atom stereocenters. The van der Waals surface area contributed by atoms with Crippen LogP contribution in [-0.2, 0) is 21.3 Å². The van der Waals surface area contributed by atoms with E-state index in [1.54, 1.807) is 30.5 Å². The molecule has 0 bridgehead atoms. The molecule has 5 nitrogen and oxygen atoms in total. The fourth-order valence-electron chi connectivity index (χ4n) is 1.52. The molecule has 18 heavy (non-hydrogen) atoms. The summed E-state index contributed by atoms with van der Waals surface area (Å²) in [5.41, 5.74) is 1.20. The predicted molar refractivity (Wildman–Crippen MR) is 68.8 cm³/mol. The highest BCUT2D eigenvalue weighted by molar-refractivity contribution is 7.83. The van der Waals surface area contributed by atoms with Crippen LogP contribution >= 0.6 is 0 Å². The number of rotatable bonds is 5. The highest BCUT2D eigenvalue weighted by Gasteiger charge is 2.14. The van der Waals surface area contributed by atoms with Crippen LogP contribution in [0.4, 0.5) is 0 Å². The SMILES string of the molecule is CN(CC(=O)O)C(=O)c1cccc(CS(C)=O)c1. The zero-order chi connectivity index (χ0) is 13.7. The van der Waals surface area contributed by atoms with E-state index in [-0.39, 0.29) is 12.5 Å². The molecule has 1 aromatic rings. The largest absolute Gasteiger partial charge is 0.480 e. The Morgan fingerprint density at radius 2 is 2.06 bits per heavy atom. The Morgan fingerprint density at radius 3 is 2.61 bits per heavy atom. The molecule has 0 heterocycles. The normalized spacial score (nSPS) is 11.9. The molecular formula is C12H15NO4S. The van der Waals surface area contributed by atoms with Crippen molar-refractivity contribution >= 4 is 22.7 Å². The minimum atomic E-state index is -1.06. The number of hydrogen-bond donors (Lipinski definition) is 1. The summed E-state index contributed by atoms with van der Waals surface area (Å²) in [6.45, 7) is -0.344. The number of aliphatic carboxylic acids is 1. The summed E-state index contributed by atoms with van der Waals surface area (Å²) in [7, 11) is 0.455. The Kier molecular flexibility index (Phi) is 5.03. The third-order valence-corrected chi connectivity index (χ3v) is 3.00. The van der Waals surface area contributed by atoms with E-state index in [0.29, 0.717) is 11.3 Å². The summed E-state index contributed by atoms with van der Waals surface area (Å²) in [6, 6.07) is 6.74. The third-order valence-electron chi connectivity index (χ3n) is 2.26. The van der Waals surface area contributed by atoms with Gasteiger partial charge in [-0.15, -0.1) is 0 Å². The third kappa shape index (κ3) is 4.29. The molecule has 0 radical (unpaired) electrons. The zero-order valence-corrected chi connectivity index (χ0v) is 11.1. The molecule has 1 atom stereocenters. The van der Waals surface area contributed by atoms with Crippen molar-refractivity contribution in [3.63, 3.8) is 0 Å². The van der Waals surface area contributed by atoms with Crippen molar-refractivity contribution in [3.8, 4) is 0 Å². The van der Waals surface area contributed by atoms with Gasteiger partial charge in [0.15, 0.2) is 0 Å². The molecule has 0 saturated carbocycles. The van der Waals surface area contributed by atoms with Crippen LogP contribution in [0.3, 0.4) is 0 Å². The van der Waals surface area contributed by atoms with Gasteiger partial charge >= 0.3 is 5.97 Å². The molecule has 0 fully saturated rings. The molecule has 1 rings (SSSR count). The van der Waals surface area contributed by atoms with Crippen LogP contribution in [0.15, 0.2) is 24.3 Å². The van der Waals surface area contributed by atoms with E-state index in [2.05, 4.69) is 0 Å². The standard InChI is InChI=1S/C12H15NO4S/c1-13(7-11(14)15)12(16)10-5-3-4-9(6-10)8-18(2)17/h3-6H,7-8H2,1-2H3,(H,14,15). The van der Waals surface area contributed by atoms with E-state index in [1.165, 1.54) is 7.05 Å². The van der Waals surface area contributed by atoms with Gasteiger partial charge in [0.2, 0.25) is 0 Å². The van der Waals surface area contributed by atoms with E-state index in [9.17, 15) is 13.8 Å². The minimum Gasteiger partial charge on any atom is -0.480 e. The van der Waals surface area contributed by atoms with Crippen molar-refractivity contribution in [1.82, 2.24) is 4.90 Å². The summed E-state index contributed by atoms with van der Waals surface area (Å²) in [4.78, 5) is 23.6. The molecule has 0 aliphatic heterocycles. The molecule has 0 aliphatic rings. The molecule has 6 heteroatoms. The smallest absolute Gasteiger partial charge is 0.323 e. The summed E-state index contributed by atoms with van der Waals surface area (Å²) < 4.78 is 11.1. The summed E-state index contributed by atoms with van der Waals surface area (Å²) in [5, 5.41) is 8.62. The van der Waals surface area contributed by atoms with Crippen LogP contribution in [0.5, 0.6) is 0 Å². The second kappa shape index (κ2) is 6.30. The van der Waals surface area contributed by atoms with E-state index >= 15 is 0 Å². The van der Waals surface area contributed by atoms with Gasteiger partial charge in [-0.3, -0.25) is 13.8 Å². The van der Waals surface area contributed by atoms with Gasteiger partial charge in [0.25, 0.3) is 5.91 Å². The Hall–Kier alpha value is -1.69. The van der Waals surface area contributed by atoms with Crippen molar-refractivity contribution in [2.24, 2.45) is 0 Å². The minimum absolute atomic E-state index is 0.344. The first-order chi connectivity index (χ1) is 8.40. The lowest BCUT2D eigenvalue weighted by Gasteiger charge is -2.14. The van der Waals surface area contributed by atoms with Crippen molar-refractivity contribution in [2.75, 3.05) is 19.8 Å². The molecular weight excluding hydrogens is 254 g/mol. The number of carboxylic acids is 1. The van der Waals surface area contributed by atoms with Gasteiger partial charge in [0.05, 0.1) is 0 Å². The fraction of sp³-hybridized carbons (Fsp3) is 0.333. The molecule has 0 saturated heterocycles. The average molecular weight is 269 g/mol. The molecule has 0 spiro atoms. The average Bonchev–Trinajstić information content (AvgIpc) is 2.26. The number of carbonyl (C=O) groups is 2. The molecule has 1 amide bonds. The fourth-order valence-corrected chi connectivity index (χ4v) is 2.17.